The normalized spacial score (nSPS) is 13.8. The molecule has 120 valence electrons. The summed E-state index contributed by atoms with van der Waals surface area (Å²) in [5.41, 5.74) is 4.07. The predicted molar refractivity (Wildman–Crippen MR) is 99.4 cm³/mol. The monoisotopic (exact) mass is 315 g/mol. The molecule has 0 aliphatic carbocycles. The highest BCUT2D eigenvalue weighted by molar-refractivity contribution is 5.79. The maximum absolute atomic E-state index is 10.9. The molecule has 0 saturated carbocycles. The number of hydrogen-bond donors (Lipinski definition) is 1. The van der Waals surface area contributed by atoms with Gasteiger partial charge in [0, 0.05) is 6.21 Å². The second kappa shape index (κ2) is 7.71. The Hall–Kier alpha value is -2.71. The van der Waals surface area contributed by atoms with E-state index in [1.807, 2.05) is 98.1 Å². The molecule has 0 amide bonds. The molecular weight excluding hydrogens is 294 g/mol. The predicted octanol–water partition coefficient (Wildman–Crippen LogP) is 4.89. The molecule has 2 atom stereocenters. The second-order valence-corrected chi connectivity index (χ2v) is 5.90. The fourth-order valence-corrected chi connectivity index (χ4v) is 2.65. The SMILES string of the molecule is Cc1ccc([C@@H](O)[C@H](N=Cc2ccccc2)c2ccccc2)cc1. The molecule has 1 N–H and O–H groups in total. The second-order valence-electron chi connectivity index (χ2n) is 5.90. The molecule has 0 radical (unpaired) electrons. The highest BCUT2D eigenvalue weighted by Crippen LogP contribution is 2.32. The minimum atomic E-state index is -0.687. The molecule has 0 heterocycles. The summed E-state index contributed by atoms with van der Waals surface area (Å²) in [7, 11) is 0. The van der Waals surface area contributed by atoms with Gasteiger partial charge in [-0.15, -0.1) is 0 Å². The van der Waals surface area contributed by atoms with E-state index in [-0.39, 0.29) is 6.04 Å². The van der Waals surface area contributed by atoms with Gasteiger partial charge in [0.25, 0.3) is 0 Å². The molecule has 2 nitrogen and oxygen atoms in total. The molecular formula is C22H21NO. The molecule has 0 aliphatic rings. The standard InChI is InChI=1S/C22H21NO/c1-17-12-14-20(15-13-17)22(24)21(19-10-6-3-7-11-19)23-16-18-8-4-2-5-9-18/h2-16,21-22,24H,1H3/t21-,22-/m1/s1. The summed E-state index contributed by atoms with van der Waals surface area (Å²) in [5, 5.41) is 10.9. The van der Waals surface area contributed by atoms with E-state index in [2.05, 4.69) is 4.99 Å². The molecule has 0 saturated heterocycles. The van der Waals surface area contributed by atoms with Gasteiger partial charge in [0.1, 0.15) is 12.1 Å². The summed E-state index contributed by atoms with van der Waals surface area (Å²) in [6, 6.07) is 27.5. The van der Waals surface area contributed by atoms with Gasteiger partial charge in [-0.1, -0.05) is 90.5 Å². The van der Waals surface area contributed by atoms with Crippen molar-refractivity contribution >= 4 is 6.21 Å². The van der Waals surface area contributed by atoms with Crippen LogP contribution in [0.25, 0.3) is 0 Å². The summed E-state index contributed by atoms with van der Waals surface area (Å²) in [6.07, 6.45) is 1.14. The lowest BCUT2D eigenvalue weighted by Gasteiger charge is -2.20. The van der Waals surface area contributed by atoms with Gasteiger partial charge < -0.3 is 5.11 Å². The van der Waals surface area contributed by atoms with Gasteiger partial charge in [0.15, 0.2) is 0 Å². The number of aliphatic hydroxyl groups excluding tert-OH is 1. The van der Waals surface area contributed by atoms with E-state index in [4.69, 9.17) is 0 Å². The van der Waals surface area contributed by atoms with E-state index in [1.54, 1.807) is 0 Å². The number of benzene rings is 3. The van der Waals surface area contributed by atoms with Crippen LogP contribution in [0.5, 0.6) is 0 Å². The Bertz CT molecular complexity index is 779. The topological polar surface area (TPSA) is 32.6 Å². The summed E-state index contributed by atoms with van der Waals surface area (Å²) < 4.78 is 0. The number of nitrogens with zero attached hydrogens (tertiary/aromatic N) is 1. The van der Waals surface area contributed by atoms with Crippen LogP contribution in [0.3, 0.4) is 0 Å². The van der Waals surface area contributed by atoms with Crippen molar-refractivity contribution in [2.75, 3.05) is 0 Å². The minimum Gasteiger partial charge on any atom is -0.386 e. The molecule has 0 spiro atoms. The van der Waals surface area contributed by atoms with Crippen molar-refractivity contribution < 1.29 is 5.11 Å². The summed E-state index contributed by atoms with van der Waals surface area (Å²) >= 11 is 0. The van der Waals surface area contributed by atoms with Crippen LogP contribution in [0.1, 0.15) is 34.4 Å². The molecule has 3 aromatic rings. The quantitative estimate of drug-likeness (QED) is 0.668. The average Bonchev–Trinajstić information content (AvgIpc) is 2.64. The van der Waals surface area contributed by atoms with Crippen molar-refractivity contribution in [3.05, 3.63) is 107 Å². The van der Waals surface area contributed by atoms with Crippen LogP contribution in [0.15, 0.2) is 89.9 Å². The lowest BCUT2D eigenvalue weighted by atomic mass is 9.95. The lowest BCUT2D eigenvalue weighted by Crippen LogP contribution is -2.09. The minimum absolute atomic E-state index is 0.339. The number of aryl methyl sites for hydroxylation is 1. The van der Waals surface area contributed by atoms with Crippen LogP contribution in [-0.2, 0) is 0 Å². The van der Waals surface area contributed by atoms with Crippen LogP contribution in [0, 0.1) is 6.92 Å². The molecule has 2 heteroatoms. The average molecular weight is 315 g/mol. The van der Waals surface area contributed by atoms with Gasteiger partial charge in [-0.05, 0) is 23.6 Å². The van der Waals surface area contributed by atoms with Crippen molar-refractivity contribution in [2.24, 2.45) is 4.99 Å². The number of aliphatic imine (C=N–C) groups is 1. The van der Waals surface area contributed by atoms with E-state index in [0.717, 1.165) is 16.7 Å². The van der Waals surface area contributed by atoms with Crippen LogP contribution in [0.4, 0.5) is 0 Å². The maximum Gasteiger partial charge on any atom is 0.105 e. The lowest BCUT2D eigenvalue weighted by molar-refractivity contribution is 0.148. The van der Waals surface area contributed by atoms with Crippen molar-refractivity contribution in [3.63, 3.8) is 0 Å². The molecule has 3 rings (SSSR count). The fraction of sp³-hybridized carbons (Fsp3) is 0.136. The number of hydrogen-bond acceptors (Lipinski definition) is 2. The Labute approximate surface area is 143 Å². The fourth-order valence-electron chi connectivity index (χ4n) is 2.65. The van der Waals surface area contributed by atoms with Gasteiger partial charge in [0.2, 0.25) is 0 Å². The zero-order valence-corrected chi connectivity index (χ0v) is 13.7. The third-order valence-electron chi connectivity index (χ3n) is 4.04. The first-order chi connectivity index (χ1) is 11.7. The molecule has 3 aromatic carbocycles. The molecule has 0 aromatic heterocycles. The van der Waals surface area contributed by atoms with Gasteiger partial charge in [-0.3, -0.25) is 4.99 Å². The third kappa shape index (κ3) is 3.98. The van der Waals surface area contributed by atoms with Gasteiger partial charge in [0.05, 0.1) is 0 Å². The van der Waals surface area contributed by atoms with Crippen molar-refractivity contribution in [1.82, 2.24) is 0 Å². The Kier molecular flexibility index (Phi) is 5.19. The van der Waals surface area contributed by atoms with Crippen LogP contribution >= 0.6 is 0 Å². The first kappa shape index (κ1) is 16.2. The Balaban J connectivity index is 1.93. The zero-order valence-electron chi connectivity index (χ0n) is 13.7. The van der Waals surface area contributed by atoms with Crippen LogP contribution in [-0.4, -0.2) is 11.3 Å². The van der Waals surface area contributed by atoms with Crippen molar-refractivity contribution in [2.45, 2.75) is 19.1 Å². The van der Waals surface area contributed by atoms with E-state index in [9.17, 15) is 5.11 Å². The van der Waals surface area contributed by atoms with Gasteiger partial charge >= 0.3 is 0 Å². The third-order valence-corrected chi connectivity index (χ3v) is 4.04. The summed E-state index contributed by atoms with van der Waals surface area (Å²) in [4.78, 5) is 4.69. The zero-order chi connectivity index (χ0) is 16.8. The largest absolute Gasteiger partial charge is 0.386 e. The van der Waals surface area contributed by atoms with Gasteiger partial charge in [-0.2, -0.15) is 0 Å². The van der Waals surface area contributed by atoms with Crippen molar-refractivity contribution in [3.8, 4) is 0 Å². The van der Waals surface area contributed by atoms with Crippen molar-refractivity contribution in [1.29, 1.82) is 0 Å². The van der Waals surface area contributed by atoms with E-state index in [1.165, 1.54) is 5.56 Å². The number of aliphatic hydroxyl groups is 1. The summed E-state index contributed by atoms with van der Waals surface area (Å²) in [5.74, 6) is 0. The number of rotatable bonds is 5. The van der Waals surface area contributed by atoms with Crippen LogP contribution < -0.4 is 0 Å². The van der Waals surface area contributed by atoms with Crippen LogP contribution in [0.2, 0.25) is 0 Å². The summed E-state index contributed by atoms with van der Waals surface area (Å²) in [6.45, 7) is 2.04. The van der Waals surface area contributed by atoms with Gasteiger partial charge in [-0.25, -0.2) is 0 Å². The van der Waals surface area contributed by atoms with E-state index in [0.29, 0.717) is 0 Å². The maximum atomic E-state index is 10.9. The molecule has 0 unspecified atom stereocenters. The molecule has 0 aliphatic heterocycles. The first-order valence-electron chi connectivity index (χ1n) is 8.12. The highest BCUT2D eigenvalue weighted by atomic mass is 16.3. The molecule has 0 bridgehead atoms. The Morgan fingerprint density at radius 3 is 1.96 bits per heavy atom. The van der Waals surface area contributed by atoms with E-state index >= 15 is 0 Å². The van der Waals surface area contributed by atoms with E-state index < -0.39 is 6.10 Å². The molecule has 24 heavy (non-hydrogen) atoms. The smallest absolute Gasteiger partial charge is 0.105 e. The first-order valence-corrected chi connectivity index (χ1v) is 8.12. The Morgan fingerprint density at radius 2 is 1.33 bits per heavy atom. The molecule has 0 fully saturated rings. The highest BCUT2D eigenvalue weighted by Gasteiger charge is 2.21. The Morgan fingerprint density at radius 1 is 0.750 bits per heavy atom.